The van der Waals surface area contributed by atoms with Crippen LogP contribution in [0.2, 0.25) is 0 Å². The average Bonchev–Trinajstić information content (AvgIpc) is 2.39. The monoisotopic (exact) mass is 265 g/mol. The minimum Gasteiger partial charge on any atom is -0.462 e. The molecule has 0 aliphatic heterocycles. The lowest BCUT2D eigenvalue weighted by atomic mass is 10.1. The molecule has 0 bridgehead atoms. The summed E-state index contributed by atoms with van der Waals surface area (Å²) in [5.74, 6) is 0.897. The molecule has 106 valence electrons. The first-order valence-corrected chi connectivity index (χ1v) is 6.63. The lowest BCUT2D eigenvalue weighted by Gasteiger charge is -2.22. The van der Waals surface area contributed by atoms with Gasteiger partial charge in [-0.05, 0) is 18.9 Å². The molecule has 1 unspecified atom stereocenters. The molecule has 1 aromatic heterocycles. The van der Waals surface area contributed by atoms with Crippen LogP contribution in [0.3, 0.4) is 0 Å². The third-order valence-corrected chi connectivity index (χ3v) is 3.09. The number of anilines is 2. The molecule has 2 N–H and O–H groups in total. The molecule has 1 heterocycles. The zero-order valence-corrected chi connectivity index (χ0v) is 12.1. The molecule has 1 atom stereocenters. The number of carbonyl (C=O) groups is 1. The number of hydrogen-bond acceptors (Lipinski definition) is 5. The Labute approximate surface area is 114 Å². The Morgan fingerprint density at radius 2 is 2.21 bits per heavy atom. The van der Waals surface area contributed by atoms with Gasteiger partial charge in [0.05, 0.1) is 24.1 Å². The van der Waals surface area contributed by atoms with Crippen molar-refractivity contribution in [1.82, 2.24) is 4.98 Å². The number of rotatable bonds is 6. The molecular formula is C14H23N3O2. The normalized spacial score (nSPS) is 12.0. The predicted molar refractivity (Wildman–Crippen MR) is 77.3 cm³/mol. The van der Waals surface area contributed by atoms with Crippen LogP contribution in [0.1, 0.15) is 37.6 Å². The molecular weight excluding hydrogens is 242 g/mol. The average molecular weight is 265 g/mol. The number of pyridine rings is 1. The van der Waals surface area contributed by atoms with Crippen LogP contribution in [0, 0.1) is 5.92 Å². The maximum Gasteiger partial charge on any atom is 0.340 e. The number of nitrogen functional groups attached to an aromatic ring is 1. The molecule has 0 saturated heterocycles. The molecule has 0 aliphatic carbocycles. The van der Waals surface area contributed by atoms with Gasteiger partial charge in [0.15, 0.2) is 0 Å². The highest BCUT2D eigenvalue weighted by molar-refractivity contribution is 5.95. The molecule has 1 aromatic rings. The van der Waals surface area contributed by atoms with Gasteiger partial charge in [-0.1, -0.05) is 20.3 Å². The number of hydrogen-bond donors (Lipinski definition) is 1. The molecule has 0 spiro atoms. The fraction of sp³-hybridized carbons (Fsp3) is 0.571. The number of aromatic nitrogens is 1. The molecule has 5 heteroatoms. The Kier molecular flexibility index (Phi) is 5.60. The van der Waals surface area contributed by atoms with Gasteiger partial charge in [0.25, 0.3) is 0 Å². The van der Waals surface area contributed by atoms with Crippen LogP contribution < -0.4 is 10.6 Å². The van der Waals surface area contributed by atoms with E-state index < -0.39 is 5.97 Å². The quantitative estimate of drug-likeness (QED) is 0.799. The van der Waals surface area contributed by atoms with Gasteiger partial charge in [-0.3, -0.25) is 0 Å². The van der Waals surface area contributed by atoms with Gasteiger partial charge in [0.1, 0.15) is 5.82 Å². The second kappa shape index (κ2) is 6.97. The highest BCUT2D eigenvalue weighted by atomic mass is 16.5. The lowest BCUT2D eigenvalue weighted by Crippen LogP contribution is -2.25. The topological polar surface area (TPSA) is 68.5 Å². The van der Waals surface area contributed by atoms with Crippen molar-refractivity contribution in [3.05, 3.63) is 17.8 Å². The summed E-state index contributed by atoms with van der Waals surface area (Å²) in [5, 5.41) is 0. The van der Waals surface area contributed by atoms with E-state index in [0.29, 0.717) is 23.8 Å². The first-order chi connectivity index (χ1) is 8.99. The summed E-state index contributed by atoms with van der Waals surface area (Å²) in [6, 6.07) is 1.69. The molecule has 0 aliphatic rings. The molecule has 0 fully saturated rings. The van der Waals surface area contributed by atoms with Gasteiger partial charge in [-0.2, -0.15) is 0 Å². The van der Waals surface area contributed by atoms with E-state index in [4.69, 9.17) is 10.5 Å². The number of carbonyl (C=O) groups excluding carboxylic acids is 1. The zero-order chi connectivity index (χ0) is 14.4. The molecule has 19 heavy (non-hydrogen) atoms. The summed E-state index contributed by atoms with van der Waals surface area (Å²) >= 11 is 0. The summed E-state index contributed by atoms with van der Waals surface area (Å²) < 4.78 is 4.98. The smallest absolute Gasteiger partial charge is 0.340 e. The van der Waals surface area contributed by atoms with E-state index in [-0.39, 0.29) is 0 Å². The molecule has 0 saturated carbocycles. The van der Waals surface area contributed by atoms with Crippen molar-refractivity contribution in [1.29, 1.82) is 0 Å². The Bertz CT molecular complexity index is 435. The number of esters is 1. The number of nitrogens with two attached hydrogens (primary N) is 1. The van der Waals surface area contributed by atoms with Crippen molar-refractivity contribution in [2.45, 2.75) is 27.2 Å². The largest absolute Gasteiger partial charge is 0.462 e. The van der Waals surface area contributed by atoms with Crippen molar-refractivity contribution in [3.8, 4) is 0 Å². The molecule has 5 nitrogen and oxygen atoms in total. The van der Waals surface area contributed by atoms with Crippen molar-refractivity contribution < 1.29 is 9.53 Å². The van der Waals surface area contributed by atoms with E-state index in [1.165, 1.54) is 6.20 Å². The second-order valence-electron chi connectivity index (χ2n) is 4.74. The maximum atomic E-state index is 11.8. The van der Waals surface area contributed by atoms with E-state index in [2.05, 4.69) is 18.8 Å². The highest BCUT2D eigenvalue weighted by Gasteiger charge is 2.15. The summed E-state index contributed by atoms with van der Waals surface area (Å²) in [5.41, 5.74) is 6.49. The lowest BCUT2D eigenvalue weighted by molar-refractivity contribution is 0.0527. The highest BCUT2D eigenvalue weighted by Crippen LogP contribution is 2.19. The maximum absolute atomic E-state index is 11.8. The van der Waals surface area contributed by atoms with Gasteiger partial charge in [0.2, 0.25) is 0 Å². The van der Waals surface area contributed by atoms with Crippen LogP contribution in [0.4, 0.5) is 11.5 Å². The van der Waals surface area contributed by atoms with Crippen molar-refractivity contribution >= 4 is 17.5 Å². The Balaban J connectivity index is 2.92. The molecule has 0 radical (unpaired) electrons. The van der Waals surface area contributed by atoms with Gasteiger partial charge in [-0.25, -0.2) is 9.78 Å². The van der Waals surface area contributed by atoms with Crippen molar-refractivity contribution in [2.75, 3.05) is 30.8 Å². The third kappa shape index (κ3) is 4.12. The van der Waals surface area contributed by atoms with Crippen molar-refractivity contribution in [3.63, 3.8) is 0 Å². The Morgan fingerprint density at radius 1 is 1.53 bits per heavy atom. The summed E-state index contributed by atoms with van der Waals surface area (Å²) in [6.45, 7) is 7.32. The minimum atomic E-state index is -0.402. The summed E-state index contributed by atoms with van der Waals surface area (Å²) in [6.07, 6.45) is 2.61. The van der Waals surface area contributed by atoms with E-state index in [0.717, 1.165) is 18.8 Å². The first kappa shape index (κ1) is 15.3. The predicted octanol–water partition coefficient (Wildman–Crippen LogP) is 2.32. The zero-order valence-electron chi connectivity index (χ0n) is 12.1. The fourth-order valence-corrected chi connectivity index (χ4v) is 1.74. The summed E-state index contributed by atoms with van der Waals surface area (Å²) in [4.78, 5) is 18.1. The van der Waals surface area contributed by atoms with Crippen LogP contribution in [0.25, 0.3) is 0 Å². The second-order valence-corrected chi connectivity index (χ2v) is 4.74. The third-order valence-electron chi connectivity index (χ3n) is 3.09. The standard InChI is InChI=1S/C14H23N3O2/c1-5-10(3)9-17(4)13-7-11(12(15)8-16-13)14(18)19-6-2/h7-8,10H,5-6,9,15H2,1-4H3. The van der Waals surface area contributed by atoms with Gasteiger partial charge < -0.3 is 15.4 Å². The summed E-state index contributed by atoms with van der Waals surface area (Å²) in [7, 11) is 1.96. The van der Waals surface area contributed by atoms with Crippen LogP contribution in [0.5, 0.6) is 0 Å². The number of nitrogens with zero attached hydrogens (tertiary/aromatic N) is 2. The van der Waals surface area contributed by atoms with E-state index in [1.54, 1.807) is 13.0 Å². The van der Waals surface area contributed by atoms with Crippen LogP contribution in [0.15, 0.2) is 12.3 Å². The van der Waals surface area contributed by atoms with Crippen LogP contribution in [-0.2, 0) is 4.74 Å². The molecule has 0 amide bonds. The van der Waals surface area contributed by atoms with Gasteiger partial charge in [0, 0.05) is 13.6 Å². The SMILES string of the molecule is CCOC(=O)c1cc(N(C)CC(C)CC)ncc1N. The minimum absolute atomic E-state index is 0.332. The Morgan fingerprint density at radius 3 is 2.79 bits per heavy atom. The van der Waals surface area contributed by atoms with Crippen molar-refractivity contribution in [2.24, 2.45) is 5.92 Å². The first-order valence-electron chi connectivity index (χ1n) is 6.63. The fourth-order valence-electron chi connectivity index (χ4n) is 1.74. The van der Waals surface area contributed by atoms with Crippen LogP contribution in [-0.4, -0.2) is 31.2 Å². The van der Waals surface area contributed by atoms with Gasteiger partial charge >= 0.3 is 5.97 Å². The molecule has 1 rings (SSSR count). The molecule has 0 aromatic carbocycles. The Hall–Kier alpha value is -1.78. The number of ether oxygens (including phenoxy) is 1. The van der Waals surface area contributed by atoms with Crippen LogP contribution >= 0.6 is 0 Å². The van der Waals surface area contributed by atoms with Gasteiger partial charge in [-0.15, -0.1) is 0 Å². The van der Waals surface area contributed by atoms with E-state index >= 15 is 0 Å². The van der Waals surface area contributed by atoms with E-state index in [9.17, 15) is 4.79 Å². The van der Waals surface area contributed by atoms with E-state index in [1.807, 2.05) is 11.9 Å².